The van der Waals surface area contributed by atoms with Crippen molar-refractivity contribution in [3.63, 3.8) is 0 Å². The minimum Gasteiger partial charge on any atom is -0.309 e. The largest absolute Gasteiger partial charge is 0.309 e. The molecule has 1 aromatic heterocycles. The molecule has 1 amide bonds. The summed E-state index contributed by atoms with van der Waals surface area (Å²) in [7, 11) is 0. The molecule has 0 spiro atoms. The van der Waals surface area contributed by atoms with Gasteiger partial charge in [0.05, 0.1) is 11.4 Å². The number of imidazole rings is 1. The Bertz CT molecular complexity index is 1220. The van der Waals surface area contributed by atoms with Crippen LogP contribution in [0.1, 0.15) is 19.4 Å². The van der Waals surface area contributed by atoms with Crippen molar-refractivity contribution in [2.24, 2.45) is 0 Å². The average molecular weight is 476 g/mol. The van der Waals surface area contributed by atoms with E-state index in [0.717, 1.165) is 27.8 Å². The van der Waals surface area contributed by atoms with E-state index >= 15 is 0 Å². The number of aryl methyl sites for hydroxylation is 1. The van der Waals surface area contributed by atoms with Crippen LogP contribution >= 0.6 is 23.4 Å². The van der Waals surface area contributed by atoms with Crippen LogP contribution in [0.4, 0.5) is 5.69 Å². The summed E-state index contributed by atoms with van der Waals surface area (Å²) in [6.07, 6.45) is 2.01. The van der Waals surface area contributed by atoms with E-state index in [1.54, 1.807) is 0 Å². The zero-order chi connectivity index (χ0) is 23.4. The second kappa shape index (κ2) is 10.3. The van der Waals surface area contributed by atoms with Crippen molar-refractivity contribution in [1.29, 1.82) is 0 Å². The first-order chi connectivity index (χ1) is 15.9. The molecule has 4 aromatic rings. The number of amides is 1. The van der Waals surface area contributed by atoms with E-state index in [1.165, 1.54) is 17.3 Å². The summed E-state index contributed by atoms with van der Waals surface area (Å²) in [6.45, 7) is 6.12. The van der Waals surface area contributed by atoms with Crippen molar-refractivity contribution < 1.29 is 4.79 Å². The van der Waals surface area contributed by atoms with Gasteiger partial charge in [-0.1, -0.05) is 71.4 Å². The Morgan fingerprint density at radius 3 is 2.30 bits per heavy atom. The minimum atomic E-state index is 0.0488. The molecular formula is C27H26ClN3OS. The molecule has 0 N–H and O–H groups in total. The lowest BCUT2D eigenvalue weighted by atomic mass is 10.2. The predicted octanol–water partition coefficient (Wildman–Crippen LogP) is 7.03. The zero-order valence-electron chi connectivity index (χ0n) is 18.9. The van der Waals surface area contributed by atoms with E-state index in [2.05, 4.69) is 31.2 Å². The summed E-state index contributed by atoms with van der Waals surface area (Å²) in [5.74, 6) is 0.337. The number of aromatic nitrogens is 2. The van der Waals surface area contributed by atoms with Crippen LogP contribution in [-0.2, 0) is 4.79 Å². The van der Waals surface area contributed by atoms with Gasteiger partial charge in [0.1, 0.15) is 0 Å². The first kappa shape index (κ1) is 23.1. The fourth-order valence-electron chi connectivity index (χ4n) is 3.63. The third-order valence-electron chi connectivity index (χ3n) is 5.27. The van der Waals surface area contributed by atoms with Gasteiger partial charge in [-0.3, -0.25) is 9.36 Å². The minimum absolute atomic E-state index is 0.0488. The van der Waals surface area contributed by atoms with Gasteiger partial charge in [0.2, 0.25) is 5.91 Å². The number of hydrogen-bond donors (Lipinski definition) is 0. The first-order valence-corrected chi connectivity index (χ1v) is 12.2. The van der Waals surface area contributed by atoms with Crippen LogP contribution in [-0.4, -0.2) is 27.3 Å². The zero-order valence-corrected chi connectivity index (χ0v) is 20.5. The summed E-state index contributed by atoms with van der Waals surface area (Å²) < 4.78 is 2.05. The lowest BCUT2D eigenvalue weighted by molar-refractivity contribution is -0.116. The van der Waals surface area contributed by atoms with Crippen LogP contribution in [0.5, 0.6) is 0 Å². The van der Waals surface area contributed by atoms with Crippen molar-refractivity contribution in [1.82, 2.24) is 9.55 Å². The van der Waals surface area contributed by atoms with E-state index in [1.807, 2.05) is 84.1 Å². The number of halogens is 1. The Morgan fingerprint density at radius 2 is 1.67 bits per heavy atom. The molecular weight excluding hydrogens is 450 g/mol. The van der Waals surface area contributed by atoms with Gasteiger partial charge in [0.15, 0.2) is 5.16 Å². The Labute approximate surface area is 204 Å². The summed E-state index contributed by atoms with van der Waals surface area (Å²) in [5, 5.41) is 1.46. The second-order valence-corrected chi connectivity index (χ2v) is 9.48. The Balaban J connectivity index is 1.63. The smallest absolute Gasteiger partial charge is 0.237 e. The molecule has 0 atom stereocenters. The predicted molar refractivity (Wildman–Crippen MR) is 139 cm³/mol. The number of nitrogens with zero attached hydrogens (tertiary/aromatic N) is 3. The fraction of sp³-hybridized carbons (Fsp3) is 0.185. The Hall–Kier alpha value is -3.02. The Kier molecular flexibility index (Phi) is 7.21. The molecule has 0 aliphatic rings. The van der Waals surface area contributed by atoms with Gasteiger partial charge in [0, 0.05) is 34.2 Å². The fourth-order valence-corrected chi connectivity index (χ4v) is 4.61. The van der Waals surface area contributed by atoms with Gasteiger partial charge in [-0.25, -0.2) is 4.98 Å². The maximum atomic E-state index is 13.2. The summed E-state index contributed by atoms with van der Waals surface area (Å²) >= 11 is 7.51. The monoisotopic (exact) mass is 475 g/mol. The van der Waals surface area contributed by atoms with Crippen LogP contribution in [0.2, 0.25) is 5.02 Å². The molecule has 0 saturated carbocycles. The highest BCUT2D eigenvalue weighted by Crippen LogP contribution is 2.29. The third-order valence-corrected chi connectivity index (χ3v) is 6.46. The van der Waals surface area contributed by atoms with Gasteiger partial charge >= 0.3 is 0 Å². The van der Waals surface area contributed by atoms with E-state index in [0.29, 0.717) is 5.02 Å². The molecule has 4 rings (SSSR count). The van der Waals surface area contributed by atoms with Gasteiger partial charge in [-0.05, 0) is 57.2 Å². The van der Waals surface area contributed by atoms with E-state index in [4.69, 9.17) is 16.6 Å². The SMILES string of the molecule is Cc1ccc(-n2cc(-c3ccc(Cl)cc3)nc2SCC(=O)N(c2ccccc2)C(C)C)cc1. The lowest BCUT2D eigenvalue weighted by Crippen LogP contribution is -2.38. The number of anilines is 1. The molecule has 0 aliphatic carbocycles. The molecule has 0 bridgehead atoms. The molecule has 0 fully saturated rings. The van der Waals surface area contributed by atoms with Crippen molar-refractivity contribution in [2.45, 2.75) is 32.0 Å². The maximum Gasteiger partial charge on any atom is 0.237 e. The summed E-state index contributed by atoms with van der Waals surface area (Å²) in [4.78, 5) is 19.9. The number of carbonyl (C=O) groups excluding carboxylic acids is 1. The molecule has 0 radical (unpaired) electrons. The highest BCUT2D eigenvalue weighted by molar-refractivity contribution is 7.99. The second-order valence-electron chi connectivity index (χ2n) is 8.10. The third kappa shape index (κ3) is 5.49. The van der Waals surface area contributed by atoms with Crippen LogP contribution < -0.4 is 4.90 Å². The quantitative estimate of drug-likeness (QED) is 0.269. The number of hydrogen-bond acceptors (Lipinski definition) is 3. The number of carbonyl (C=O) groups is 1. The summed E-state index contributed by atoms with van der Waals surface area (Å²) in [6, 6.07) is 25.8. The highest BCUT2D eigenvalue weighted by Gasteiger charge is 2.21. The van der Waals surface area contributed by atoms with Crippen molar-refractivity contribution in [2.75, 3.05) is 10.7 Å². The Morgan fingerprint density at radius 1 is 1.00 bits per heavy atom. The van der Waals surface area contributed by atoms with E-state index in [-0.39, 0.29) is 17.7 Å². The van der Waals surface area contributed by atoms with Crippen LogP contribution in [0.3, 0.4) is 0 Å². The van der Waals surface area contributed by atoms with Crippen molar-refractivity contribution in [3.05, 3.63) is 95.6 Å². The molecule has 33 heavy (non-hydrogen) atoms. The number of rotatable bonds is 7. The van der Waals surface area contributed by atoms with Crippen molar-refractivity contribution >= 4 is 35.0 Å². The molecule has 168 valence electrons. The van der Waals surface area contributed by atoms with Gasteiger partial charge in [0.25, 0.3) is 0 Å². The van der Waals surface area contributed by atoms with E-state index in [9.17, 15) is 4.79 Å². The van der Waals surface area contributed by atoms with Crippen LogP contribution in [0, 0.1) is 6.92 Å². The summed E-state index contributed by atoms with van der Waals surface area (Å²) in [5.41, 5.74) is 4.92. The highest BCUT2D eigenvalue weighted by atomic mass is 35.5. The number of thioether (sulfide) groups is 1. The van der Waals surface area contributed by atoms with Gasteiger partial charge < -0.3 is 4.90 Å². The molecule has 3 aromatic carbocycles. The number of para-hydroxylation sites is 1. The van der Waals surface area contributed by atoms with Crippen LogP contribution in [0.25, 0.3) is 16.9 Å². The van der Waals surface area contributed by atoms with Crippen LogP contribution in [0.15, 0.2) is 90.2 Å². The average Bonchev–Trinajstić information content (AvgIpc) is 3.23. The van der Waals surface area contributed by atoms with Gasteiger partial charge in [-0.2, -0.15) is 0 Å². The number of benzene rings is 3. The first-order valence-electron chi connectivity index (χ1n) is 10.8. The lowest BCUT2D eigenvalue weighted by Gasteiger charge is -2.26. The molecule has 0 saturated heterocycles. The van der Waals surface area contributed by atoms with E-state index < -0.39 is 0 Å². The topological polar surface area (TPSA) is 38.1 Å². The molecule has 6 heteroatoms. The van der Waals surface area contributed by atoms with Crippen molar-refractivity contribution in [3.8, 4) is 16.9 Å². The maximum absolute atomic E-state index is 13.2. The normalized spacial score (nSPS) is 11.1. The molecule has 0 unspecified atom stereocenters. The molecule has 0 aliphatic heterocycles. The standard InChI is InChI=1S/C27H26ClN3OS/c1-19(2)31(24-7-5-4-6-8-24)26(32)18-33-27-29-25(21-11-13-22(28)14-12-21)17-30(27)23-15-9-20(3)10-16-23/h4-17,19H,18H2,1-3H3. The molecule has 4 nitrogen and oxygen atoms in total. The van der Waals surface area contributed by atoms with Gasteiger partial charge in [-0.15, -0.1) is 0 Å². The molecule has 1 heterocycles.